The van der Waals surface area contributed by atoms with Crippen LogP contribution in [0.5, 0.6) is 0 Å². The van der Waals surface area contributed by atoms with Gasteiger partial charge in [0.05, 0.1) is 12.2 Å². The van der Waals surface area contributed by atoms with Crippen molar-refractivity contribution < 1.29 is 24.2 Å². The maximum absolute atomic E-state index is 11.9. The third kappa shape index (κ3) is 4.45. The lowest BCUT2D eigenvalue weighted by Crippen LogP contribution is -2.16. The van der Waals surface area contributed by atoms with Crippen LogP contribution in [0.3, 0.4) is 0 Å². The predicted octanol–water partition coefficient (Wildman–Crippen LogP) is 2.22. The molecule has 112 valence electrons. The number of amides is 1. The lowest BCUT2D eigenvalue weighted by molar-refractivity contribution is -0.133. The van der Waals surface area contributed by atoms with Crippen LogP contribution in [0.25, 0.3) is 0 Å². The zero-order valence-electron chi connectivity index (χ0n) is 12.1. The van der Waals surface area contributed by atoms with E-state index in [2.05, 4.69) is 5.32 Å². The lowest BCUT2D eigenvalue weighted by Gasteiger charge is -2.08. The van der Waals surface area contributed by atoms with E-state index in [4.69, 9.17) is 9.84 Å². The number of carbonyl (C=O) groups excluding carboxylic acids is 2. The number of esters is 1. The SMILES string of the molecule is CCOC(=O)c1cccc(NC(=O)C(C)=C(C)C(=O)O)c1. The Morgan fingerprint density at radius 2 is 1.86 bits per heavy atom. The van der Waals surface area contributed by atoms with Crippen molar-refractivity contribution in [1.82, 2.24) is 0 Å². The smallest absolute Gasteiger partial charge is 0.338 e. The second-order valence-electron chi connectivity index (χ2n) is 4.31. The van der Waals surface area contributed by atoms with Crippen LogP contribution in [0.4, 0.5) is 5.69 Å². The molecule has 2 N–H and O–H groups in total. The summed E-state index contributed by atoms with van der Waals surface area (Å²) in [6.07, 6.45) is 0. The van der Waals surface area contributed by atoms with Crippen LogP contribution in [0.2, 0.25) is 0 Å². The van der Waals surface area contributed by atoms with E-state index in [-0.39, 0.29) is 17.8 Å². The van der Waals surface area contributed by atoms with Crippen molar-refractivity contribution in [3.8, 4) is 0 Å². The van der Waals surface area contributed by atoms with Crippen molar-refractivity contribution in [2.75, 3.05) is 11.9 Å². The van der Waals surface area contributed by atoms with Gasteiger partial charge in [0, 0.05) is 16.8 Å². The Morgan fingerprint density at radius 1 is 1.19 bits per heavy atom. The minimum atomic E-state index is -1.15. The summed E-state index contributed by atoms with van der Waals surface area (Å²) in [6.45, 7) is 4.74. The molecule has 21 heavy (non-hydrogen) atoms. The topological polar surface area (TPSA) is 92.7 Å². The Hall–Kier alpha value is -2.63. The van der Waals surface area contributed by atoms with E-state index in [1.807, 2.05) is 0 Å². The van der Waals surface area contributed by atoms with Gasteiger partial charge in [-0.1, -0.05) is 6.07 Å². The van der Waals surface area contributed by atoms with Gasteiger partial charge in [0.15, 0.2) is 0 Å². The molecular formula is C15H17NO5. The average Bonchev–Trinajstić information content (AvgIpc) is 2.46. The van der Waals surface area contributed by atoms with Gasteiger partial charge in [-0.3, -0.25) is 4.79 Å². The third-order valence-corrected chi connectivity index (χ3v) is 2.86. The predicted molar refractivity (Wildman–Crippen MR) is 77.0 cm³/mol. The van der Waals surface area contributed by atoms with Crippen molar-refractivity contribution in [1.29, 1.82) is 0 Å². The highest BCUT2D eigenvalue weighted by Gasteiger charge is 2.13. The second-order valence-corrected chi connectivity index (χ2v) is 4.31. The van der Waals surface area contributed by atoms with Crippen LogP contribution in [0, 0.1) is 0 Å². The Morgan fingerprint density at radius 3 is 2.43 bits per heavy atom. The second kappa shape index (κ2) is 7.23. The molecule has 0 saturated carbocycles. The van der Waals surface area contributed by atoms with Crippen LogP contribution >= 0.6 is 0 Å². The first kappa shape index (κ1) is 16.4. The van der Waals surface area contributed by atoms with E-state index in [9.17, 15) is 14.4 Å². The number of carboxylic acids is 1. The minimum Gasteiger partial charge on any atom is -0.478 e. The van der Waals surface area contributed by atoms with E-state index >= 15 is 0 Å². The van der Waals surface area contributed by atoms with Crippen molar-refractivity contribution in [2.45, 2.75) is 20.8 Å². The summed E-state index contributed by atoms with van der Waals surface area (Å²) in [6, 6.07) is 6.24. The highest BCUT2D eigenvalue weighted by atomic mass is 16.5. The molecule has 1 amide bonds. The lowest BCUT2D eigenvalue weighted by atomic mass is 10.1. The maximum atomic E-state index is 11.9. The Labute approximate surface area is 122 Å². The molecule has 0 aliphatic heterocycles. The summed E-state index contributed by atoms with van der Waals surface area (Å²) in [7, 11) is 0. The summed E-state index contributed by atoms with van der Waals surface area (Å²) in [5.74, 6) is -2.17. The molecule has 1 aromatic rings. The van der Waals surface area contributed by atoms with Crippen LogP contribution < -0.4 is 5.32 Å². The highest BCUT2D eigenvalue weighted by molar-refractivity contribution is 6.08. The number of rotatable bonds is 5. The fraction of sp³-hybridized carbons (Fsp3) is 0.267. The number of carbonyl (C=O) groups is 3. The quantitative estimate of drug-likeness (QED) is 0.641. The molecule has 0 atom stereocenters. The van der Waals surface area contributed by atoms with Crippen LogP contribution in [0.1, 0.15) is 31.1 Å². The molecule has 0 fully saturated rings. The fourth-order valence-electron chi connectivity index (χ4n) is 1.49. The minimum absolute atomic E-state index is 0.0333. The monoisotopic (exact) mass is 291 g/mol. The Kier molecular flexibility index (Phi) is 5.66. The first-order chi connectivity index (χ1) is 9.86. The number of nitrogens with one attached hydrogen (secondary N) is 1. The van der Waals surface area contributed by atoms with Gasteiger partial charge in [-0.05, 0) is 39.0 Å². The molecule has 6 heteroatoms. The van der Waals surface area contributed by atoms with Gasteiger partial charge in [-0.2, -0.15) is 0 Å². The molecule has 0 bridgehead atoms. The standard InChI is InChI=1S/C15H17NO5/c1-4-21-15(20)11-6-5-7-12(8-11)16-13(17)9(2)10(3)14(18)19/h5-8H,4H2,1-3H3,(H,16,17)(H,18,19). The summed E-state index contributed by atoms with van der Waals surface area (Å²) in [5, 5.41) is 11.4. The van der Waals surface area contributed by atoms with Gasteiger partial charge >= 0.3 is 11.9 Å². The van der Waals surface area contributed by atoms with E-state index in [1.54, 1.807) is 25.1 Å². The highest BCUT2D eigenvalue weighted by Crippen LogP contribution is 2.14. The van der Waals surface area contributed by atoms with E-state index < -0.39 is 17.8 Å². The molecule has 0 unspecified atom stereocenters. The van der Waals surface area contributed by atoms with E-state index in [1.165, 1.54) is 19.9 Å². The van der Waals surface area contributed by atoms with Crippen molar-refractivity contribution in [3.05, 3.63) is 41.0 Å². The molecular weight excluding hydrogens is 274 g/mol. The summed E-state index contributed by atoms with van der Waals surface area (Å²) < 4.78 is 4.87. The number of aliphatic carboxylic acids is 1. The number of carboxylic acid groups (broad SMARTS) is 1. The Balaban J connectivity index is 2.92. The van der Waals surface area contributed by atoms with Gasteiger partial charge in [-0.25, -0.2) is 9.59 Å². The number of hydrogen-bond acceptors (Lipinski definition) is 4. The summed E-state index contributed by atoms with van der Waals surface area (Å²) in [5.41, 5.74) is 0.771. The molecule has 0 aliphatic carbocycles. The molecule has 0 heterocycles. The fourth-order valence-corrected chi connectivity index (χ4v) is 1.49. The number of benzene rings is 1. The van der Waals surface area contributed by atoms with E-state index in [0.717, 1.165) is 0 Å². The van der Waals surface area contributed by atoms with Gasteiger partial charge in [0.1, 0.15) is 0 Å². The van der Waals surface area contributed by atoms with Crippen molar-refractivity contribution in [3.63, 3.8) is 0 Å². The van der Waals surface area contributed by atoms with Gasteiger partial charge in [0.2, 0.25) is 0 Å². The molecule has 6 nitrogen and oxygen atoms in total. The molecule has 0 aliphatic rings. The zero-order valence-corrected chi connectivity index (χ0v) is 12.1. The van der Waals surface area contributed by atoms with Gasteiger partial charge in [0.25, 0.3) is 5.91 Å². The average molecular weight is 291 g/mol. The summed E-state index contributed by atoms with van der Waals surface area (Å²) in [4.78, 5) is 34.3. The van der Waals surface area contributed by atoms with Crippen LogP contribution in [0.15, 0.2) is 35.4 Å². The first-order valence-electron chi connectivity index (χ1n) is 6.36. The van der Waals surface area contributed by atoms with E-state index in [0.29, 0.717) is 11.3 Å². The number of hydrogen-bond donors (Lipinski definition) is 2. The first-order valence-corrected chi connectivity index (χ1v) is 6.36. The third-order valence-electron chi connectivity index (χ3n) is 2.86. The van der Waals surface area contributed by atoms with Crippen molar-refractivity contribution in [2.24, 2.45) is 0 Å². The van der Waals surface area contributed by atoms with Gasteiger partial charge in [-0.15, -0.1) is 0 Å². The summed E-state index contributed by atoms with van der Waals surface area (Å²) >= 11 is 0. The molecule has 0 radical (unpaired) electrons. The molecule has 1 rings (SSSR count). The zero-order chi connectivity index (χ0) is 16.0. The van der Waals surface area contributed by atoms with Gasteiger partial charge < -0.3 is 15.2 Å². The molecule has 0 spiro atoms. The Bertz CT molecular complexity index is 604. The number of anilines is 1. The van der Waals surface area contributed by atoms with Crippen LogP contribution in [-0.4, -0.2) is 29.6 Å². The largest absolute Gasteiger partial charge is 0.478 e. The molecule has 0 aromatic heterocycles. The molecule has 0 saturated heterocycles. The van der Waals surface area contributed by atoms with Crippen LogP contribution in [-0.2, 0) is 14.3 Å². The normalized spacial score (nSPS) is 11.4. The molecule has 1 aromatic carbocycles. The maximum Gasteiger partial charge on any atom is 0.338 e. The van der Waals surface area contributed by atoms with Crippen molar-refractivity contribution >= 4 is 23.5 Å². The number of ether oxygens (including phenoxy) is 1.